The van der Waals surface area contributed by atoms with Crippen molar-refractivity contribution in [3.8, 4) is 11.5 Å². The maximum absolute atomic E-state index is 13.4. The SMILES string of the molecule is CCOC(=O)c1csc(NC(=O)C2CC(Oc3cc(F)ccc3OC(F)F)C2)n1. The number of benzene rings is 1. The third kappa shape index (κ3) is 5.37. The summed E-state index contributed by atoms with van der Waals surface area (Å²) in [7, 11) is 0. The van der Waals surface area contributed by atoms with Crippen LogP contribution >= 0.6 is 11.3 Å². The first-order chi connectivity index (χ1) is 13.9. The van der Waals surface area contributed by atoms with E-state index >= 15 is 0 Å². The smallest absolute Gasteiger partial charge is 0.387 e. The standard InChI is InChI=1S/C18H17F3N2O5S/c1-2-26-16(25)12-8-29-18(22-12)23-15(24)9-5-11(6-9)27-14-7-10(19)3-4-13(14)28-17(20)21/h3-4,7-9,11,17H,2,5-6H2,1H3,(H,22,23,24). The quantitative estimate of drug-likeness (QED) is 0.640. The second kappa shape index (κ2) is 9.12. The zero-order valence-electron chi connectivity index (χ0n) is 15.2. The minimum atomic E-state index is -3.07. The Kier molecular flexibility index (Phi) is 6.57. The molecule has 1 aromatic carbocycles. The molecule has 1 aromatic heterocycles. The Hall–Kier alpha value is -2.82. The van der Waals surface area contributed by atoms with Crippen molar-refractivity contribution in [2.75, 3.05) is 11.9 Å². The lowest BCUT2D eigenvalue weighted by Gasteiger charge is -2.34. The zero-order valence-corrected chi connectivity index (χ0v) is 16.0. The summed E-state index contributed by atoms with van der Waals surface area (Å²) in [6.07, 6.45) is 0.179. The maximum atomic E-state index is 13.4. The number of carbonyl (C=O) groups excluding carboxylic acids is 2. The third-order valence-corrected chi connectivity index (χ3v) is 4.86. The van der Waals surface area contributed by atoms with Crippen molar-refractivity contribution in [1.29, 1.82) is 0 Å². The van der Waals surface area contributed by atoms with Crippen LogP contribution in [0.15, 0.2) is 23.6 Å². The predicted molar refractivity (Wildman–Crippen MR) is 96.9 cm³/mol. The minimum absolute atomic E-state index is 0.111. The molecule has 0 radical (unpaired) electrons. The van der Waals surface area contributed by atoms with E-state index in [1.807, 2.05) is 0 Å². The van der Waals surface area contributed by atoms with Gasteiger partial charge in [0, 0.05) is 17.4 Å². The molecule has 1 N–H and O–H groups in total. The van der Waals surface area contributed by atoms with Crippen LogP contribution in [-0.4, -0.2) is 36.2 Å². The number of thiazole rings is 1. The molecule has 0 unspecified atom stereocenters. The van der Waals surface area contributed by atoms with Gasteiger partial charge in [0.15, 0.2) is 22.3 Å². The largest absolute Gasteiger partial charge is 0.486 e. The van der Waals surface area contributed by atoms with Crippen LogP contribution in [0, 0.1) is 11.7 Å². The number of ether oxygens (including phenoxy) is 3. The van der Waals surface area contributed by atoms with Crippen LogP contribution in [0.2, 0.25) is 0 Å². The number of alkyl halides is 2. The molecule has 0 spiro atoms. The first kappa shape index (κ1) is 20.9. The summed E-state index contributed by atoms with van der Waals surface area (Å²) in [5.74, 6) is -2.34. The van der Waals surface area contributed by atoms with Crippen molar-refractivity contribution in [3.05, 3.63) is 35.1 Å². The highest BCUT2D eigenvalue weighted by Crippen LogP contribution is 2.37. The Morgan fingerprint density at radius 2 is 2.07 bits per heavy atom. The van der Waals surface area contributed by atoms with Gasteiger partial charge in [-0.2, -0.15) is 8.78 Å². The average molecular weight is 430 g/mol. The average Bonchev–Trinajstić information content (AvgIpc) is 3.08. The van der Waals surface area contributed by atoms with Crippen LogP contribution in [-0.2, 0) is 9.53 Å². The van der Waals surface area contributed by atoms with Crippen LogP contribution in [0.25, 0.3) is 0 Å². The number of aromatic nitrogens is 1. The van der Waals surface area contributed by atoms with Gasteiger partial charge in [-0.25, -0.2) is 14.2 Å². The number of esters is 1. The molecule has 1 fully saturated rings. The molecule has 2 aromatic rings. The number of amides is 1. The second-order valence-corrected chi connectivity index (χ2v) is 6.98. The van der Waals surface area contributed by atoms with Crippen LogP contribution in [0.4, 0.5) is 18.3 Å². The van der Waals surface area contributed by atoms with E-state index in [1.165, 1.54) is 5.38 Å². The van der Waals surface area contributed by atoms with E-state index in [2.05, 4.69) is 15.0 Å². The number of rotatable bonds is 8. The Morgan fingerprint density at radius 1 is 1.31 bits per heavy atom. The first-order valence-electron chi connectivity index (χ1n) is 8.70. The minimum Gasteiger partial charge on any atom is -0.486 e. The molecule has 156 valence electrons. The Morgan fingerprint density at radius 3 is 2.76 bits per heavy atom. The van der Waals surface area contributed by atoms with Gasteiger partial charge in [-0.3, -0.25) is 4.79 Å². The fraction of sp³-hybridized carbons (Fsp3) is 0.389. The molecule has 0 bridgehead atoms. The van der Waals surface area contributed by atoms with Gasteiger partial charge in [0.25, 0.3) is 0 Å². The summed E-state index contributed by atoms with van der Waals surface area (Å²) in [5.41, 5.74) is 0.111. The van der Waals surface area contributed by atoms with Gasteiger partial charge < -0.3 is 19.5 Å². The number of anilines is 1. The molecule has 1 saturated carbocycles. The molecule has 1 aliphatic carbocycles. The van der Waals surface area contributed by atoms with Crippen molar-refractivity contribution in [2.24, 2.45) is 5.92 Å². The van der Waals surface area contributed by atoms with E-state index in [-0.39, 0.29) is 40.8 Å². The molecule has 1 aliphatic rings. The fourth-order valence-corrected chi connectivity index (χ4v) is 3.34. The number of hydrogen-bond donors (Lipinski definition) is 1. The van der Waals surface area contributed by atoms with Crippen LogP contribution in [0.1, 0.15) is 30.3 Å². The number of nitrogens with one attached hydrogen (secondary N) is 1. The van der Waals surface area contributed by atoms with Crippen molar-refractivity contribution >= 4 is 28.3 Å². The van der Waals surface area contributed by atoms with Gasteiger partial charge in [0.1, 0.15) is 11.9 Å². The zero-order chi connectivity index (χ0) is 21.0. The molecule has 29 heavy (non-hydrogen) atoms. The molecule has 0 aliphatic heterocycles. The van der Waals surface area contributed by atoms with E-state index in [0.29, 0.717) is 12.8 Å². The summed E-state index contributed by atoms with van der Waals surface area (Å²) in [5, 5.41) is 4.36. The van der Waals surface area contributed by atoms with E-state index < -0.39 is 24.5 Å². The molecule has 0 saturated heterocycles. The van der Waals surface area contributed by atoms with Crippen molar-refractivity contribution in [1.82, 2.24) is 4.98 Å². The highest BCUT2D eigenvalue weighted by molar-refractivity contribution is 7.14. The summed E-state index contributed by atoms with van der Waals surface area (Å²) < 4.78 is 52.9. The summed E-state index contributed by atoms with van der Waals surface area (Å²) in [6, 6.07) is 3.00. The molecule has 11 heteroatoms. The van der Waals surface area contributed by atoms with E-state index in [1.54, 1.807) is 6.92 Å². The summed E-state index contributed by atoms with van der Waals surface area (Å²) >= 11 is 1.09. The van der Waals surface area contributed by atoms with Crippen molar-refractivity contribution in [2.45, 2.75) is 32.5 Å². The van der Waals surface area contributed by atoms with Gasteiger partial charge in [0.05, 0.1) is 6.61 Å². The van der Waals surface area contributed by atoms with Crippen LogP contribution in [0.3, 0.4) is 0 Å². The number of nitrogens with zero attached hydrogens (tertiary/aromatic N) is 1. The Labute approximate surface area is 167 Å². The Balaban J connectivity index is 1.52. The summed E-state index contributed by atoms with van der Waals surface area (Å²) in [4.78, 5) is 27.8. The predicted octanol–water partition coefficient (Wildman–Crippen LogP) is 3.86. The molecule has 1 amide bonds. The van der Waals surface area contributed by atoms with Crippen molar-refractivity contribution < 1.29 is 37.0 Å². The lowest BCUT2D eigenvalue weighted by atomic mass is 9.81. The van der Waals surface area contributed by atoms with E-state index in [9.17, 15) is 22.8 Å². The molecular weight excluding hydrogens is 413 g/mol. The van der Waals surface area contributed by atoms with Gasteiger partial charge in [-0.1, -0.05) is 0 Å². The van der Waals surface area contributed by atoms with E-state index in [4.69, 9.17) is 9.47 Å². The topological polar surface area (TPSA) is 86.8 Å². The maximum Gasteiger partial charge on any atom is 0.387 e. The molecule has 1 heterocycles. The lowest BCUT2D eigenvalue weighted by molar-refractivity contribution is -0.125. The molecule has 0 atom stereocenters. The second-order valence-electron chi connectivity index (χ2n) is 6.13. The molecule has 3 rings (SSSR count). The van der Waals surface area contributed by atoms with Gasteiger partial charge >= 0.3 is 12.6 Å². The fourth-order valence-electron chi connectivity index (χ4n) is 2.66. The van der Waals surface area contributed by atoms with Gasteiger partial charge in [-0.15, -0.1) is 11.3 Å². The summed E-state index contributed by atoms with van der Waals surface area (Å²) in [6.45, 7) is -1.17. The Bertz CT molecular complexity index is 886. The third-order valence-electron chi connectivity index (χ3n) is 4.10. The lowest BCUT2D eigenvalue weighted by Crippen LogP contribution is -2.40. The normalized spacial score (nSPS) is 18.1. The number of carbonyl (C=O) groups is 2. The van der Waals surface area contributed by atoms with Gasteiger partial charge in [-0.05, 0) is 31.9 Å². The highest BCUT2D eigenvalue weighted by Gasteiger charge is 2.37. The molecule has 7 nitrogen and oxygen atoms in total. The van der Waals surface area contributed by atoms with Gasteiger partial charge in [0.2, 0.25) is 5.91 Å². The molecular formula is C18H17F3N2O5S. The van der Waals surface area contributed by atoms with Crippen LogP contribution in [0.5, 0.6) is 11.5 Å². The number of halogens is 3. The number of hydrogen-bond acceptors (Lipinski definition) is 7. The highest BCUT2D eigenvalue weighted by atomic mass is 32.1. The van der Waals surface area contributed by atoms with Crippen molar-refractivity contribution in [3.63, 3.8) is 0 Å². The monoisotopic (exact) mass is 430 g/mol. The van der Waals surface area contributed by atoms with Crippen LogP contribution < -0.4 is 14.8 Å². The first-order valence-corrected chi connectivity index (χ1v) is 9.58. The van der Waals surface area contributed by atoms with E-state index in [0.717, 1.165) is 29.5 Å².